The third-order valence-corrected chi connectivity index (χ3v) is 6.16. The van der Waals surface area contributed by atoms with Gasteiger partial charge in [-0.3, -0.25) is 9.78 Å². The number of aromatic nitrogens is 1. The van der Waals surface area contributed by atoms with E-state index in [9.17, 15) is 4.79 Å². The molecule has 0 atom stereocenters. The number of carbonyl (C=O) groups excluding carboxylic acids is 1. The number of likely N-dealkylation sites (tertiary alicyclic amines) is 1. The lowest BCUT2D eigenvalue weighted by atomic mass is 9.91. The van der Waals surface area contributed by atoms with Crippen LogP contribution in [-0.2, 0) is 17.8 Å². The number of carbonyl (C=O) groups is 1. The molecule has 1 saturated heterocycles. The minimum atomic E-state index is -0.0977. The largest absolute Gasteiger partial charge is 0.493 e. The molecule has 0 bridgehead atoms. The van der Waals surface area contributed by atoms with Gasteiger partial charge in [0.05, 0.1) is 13.7 Å². The van der Waals surface area contributed by atoms with E-state index in [2.05, 4.69) is 36.2 Å². The summed E-state index contributed by atoms with van der Waals surface area (Å²) in [5.74, 6) is 2.15. The standard InChI is InChI=1S/C28H32N2O5/c1-4-20-5-7-21(8-6-20)19-35-26-10-9-22(15-27(26)33-3)23-17-30(18-23)28(31)25-16-24(11-12-29-25)34-14-13-32-2/h5-12,15-16,23H,4,13-14,17-19H2,1-3H3. The lowest BCUT2D eigenvalue weighted by Crippen LogP contribution is -2.48. The molecule has 2 aromatic carbocycles. The van der Waals surface area contributed by atoms with E-state index in [-0.39, 0.29) is 11.8 Å². The topological polar surface area (TPSA) is 70.1 Å². The molecule has 1 aliphatic heterocycles. The van der Waals surface area contributed by atoms with Crippen LogP contribution >= 0.6 is 0 Å². The van der Waals surface area contributed by atoms with Gasteiger partial charge in [0, 0.05) is 38.4 Å². The van der Waals surface area contributed by atoms with Gasteiger partial charge in [-0.15, -0.1) is 0 Å². The van der Waals surface area contributed by atoms with E-state index in [4.69, 9.17) is 18.9 Å². The van der Waals surface area contributed by atoms with E-state index in [1.54, 1.807) is 37.4 Å². The predicted octanol–water partition coefficient (Wildman–Crippen LogP) is 4.50. The van der Waals surface area contributed by atoms with Crippen LogP contribution < -0.4 is 14.2 Å². The van der Waals surface area contributed by atoms with E-state index in [0.29, 0.717) is 55.9 Å². The lowest BCUT2D eigenvalue weighted by molar-refractivity contribution is 0.0595. The van der Waals surface area contributed by atoms with Crippen LogP contribution in [0.15, 0.2) is 60.8 Å². The minimum Gasteiger partial charge on any atom is -0.493 e. The third-order valence-electron chi connectivity index (χ3n) is 6.16. The molecule has 184 valence electrons. The fraction of sp³-hybridized carbons (Fsp3) is 0.357. The highest BCUT2D eigenvalue weighted by atomic mass is 16.5. The van der Waals surface area contributed by atoms with Crippen molar-refractivity contribution in [2.45, 2.75) is 25.9 Å². The smallest absolute Gasteiger partial charge is 0.272 e. The van der Waals surface area contributed by atoms with Crippen LogP contribution in [-0.4, -0.2) is 56.3 Å². The quantitative estimate of drug-likeness (QED) is 0.380. The highest BCUT2D eigenvalue weighted by molar-refractivity contribution is 5.93. The second-order valence-electron chi connectivity index (χ2n) is 8.49. The van der Waals surface area contributed by atoms with Gasteiger partial charge < -0.3 is 23.8 Å². The minimum absolute atomic E-state index is 0.0977. The molecule has 1 amide bonds. The Bertz CT molecular complexity index is 1130. The molecule has 3 aromatic rings. The van der Waals surface area contributed by atoms with Crippen LogP contribution in [0.4, 0.5) is 0 Å². The SMILES string of the molecule is CCc1ccc(COc2ccc(C3CN(C(=O)c4cc(OCCOC)ccn4)C3)cc2OC)cc1. The molecule has 0 N–H and O–H groups in total. The number of aryl methyl sites for hydroxylation is 1. The fourth-order valence-corrected chi connectivity index (χ4v) is 3.97. The van der Waals surface area contributed by atoms with Gasteiger partial charge in [-0.1, -0.05) is 37.3 Å². The van der Waals surface area contributed by atoms with Crippen LogP contribution in [0.1, 0.15) is 40.0 Å². The number of hydrogen-bond donors (Lipinski definition) is 0. The summed E-state index contributed by atoms with van der Waals surface area (Å²) in [4.78, 5) is 18.9. The Kier molecular flexibility index (Phi) is 8.21. The Balaban J connectivity index is 1.33. The maximum absolute atomic E-state index is 12.9. The first-order chi connectivity index (χ1) is 17.1. The number of pyridine rings is 1. The van der Waals surface area contributed by atoms with E-state index in [0.717, 1.165) is 17.5 Å². The van der Waals surface area contributed by atoms with E-state index in [1.165, 1.54) is 5.56 Å². The van der Waals surface area contributed by atoms with Crippen LogP contribution in [0.25, 0.3) is 0 Å². The van der Waals surface area contributed by atoms with Gasteiger partial charge in [-0.2, -0.15) is 0 Å². The number of benzene rings is 2. The molecular weight excluding hydrogens is 444 g/mol. The van der Waals surface area contributed by atoms with Gasteiger partial charge in [0.2, 0.25) is 0 Å². The third kappa shape index (κ3) is 6.11. The lowest BCUT2D eigenvalue weighted by Gasteiger charge is -2.39. The summed E-state index contributed by atoms with van der Waals surface area (Å²) < 4.78 is 22.2. The Labute approximate surface area is 206 Å². The summed E-state index contributed by atoms with van der Waals surface area (Å²) in [5.41, 5.74) is 3.92. The highest BCUT2D eigenvalue weighted by Gasteiger charge is 2.33. The number of amides is 1. The maximum Gasteiger partial charge on any atom is 0.272 e. The molecule has 0 radical (unpaired) electrons. The van der Waals surface area contributed by atoms with E-state index < -0.39 is 0 Å². The summed E-state index contributed by atoms with van der Waals surface area (Å²) in [6.07, 6.45) is 2.61. The van der Waals surface area contributed by atoms with Crippen molar-refractivity contribution in [3.8, 4) is 17.2 Å². The first kappa shape index (κ1) is 24.5. The van der Waals surface area contributed by atoms with Gasteiger partial charge in [0.25, 0.3) is 5.91 Å². The van der Waals surface area contributed by atoms with E-state index >= 15 is 0 Å². The Hall–Kier alpha value is -3.58. The van der Waals surface area contributed by atoms with Crippen molar-refractivity contribution in [1.82, 2.24) is 9.88 Å². The van der Waals surface area contributed by atoms with Crippen molar-refractivity contribution in [1.29, 1.82) is 0 Å². The molecule has 1 fully saturated rings. The zero-order valence-electron chi connectivity index (χ0n) is 20.5. The van der Waals surface area contributed by atoms with Crippen molar-refractivity contribution in [2.75, 3.05) is 40.5 Å². The van der Waals surface area contributed by atoms with Crippen molar-refractivity contribution in [3.63, 3.8) is 0 Å². The summed E-state index contributed by atoms with van der Waals surface area (Å²) in [6.45, 7) is 4.78. The zero-order valence-corrected chi connectivity index (χ0v) is 20.5. The molecule has 7 nitrogen and oxygen atoms in total. The average molecular weight is 477 g/mol. The van der Waals surface area contributed by atoms with Crippen molar-refractivity contribution in [3.05, 3.63) is 83.2 Å². The van der Waals surface area contributed by atoms with Crippen LogP contribution in [0.2, 0.25) is 0 Å². The van der Waals surface area contributed by atoms with Crippen molar-refractivity contribution < 1.29 is 23.7 Å². The predicted molar refractivity (Wildman–Crippen MR) is 133 cm³/mol. The molecule has 0 unspecified atom stereocenters. The molecular formula is C28H32N2O5. The number of methoxy groups -OCH3 is 2. The summed E-state index contributed by atoms with van der Waals surface area (Å²) in [5, 5.41) is 0. The number of ether oxygens (including phenoxy) is 4. The Morgan fingerprint density at radius 2 is 1.71 bits per heavy atom. The molecule has 0 aliphatic carbocycles. The molecule has 2 heterocycles. The first-order valence-corrected chi connectivity index (χ1v) is 11.9. The molecule has 7 heteroatoms. The van der Waals surface area contributed by atoms with Gasteiger partial charge in [-0.25, -0.2) is 0 Å². The van der Waals surface area contributed by atoms with Gasteiger partial charge in [-0.05, 0) is 41.3 Å². The van der Waals surface area contributed by atoms with Crippen LogP contribution in [0, 0.1) is 0 Å². The van der Waals surface area contributed by atoms with Gasteiger partial charge >= 0.3 is 0 Å². The van der Waals surface area contributed by atoms with E-state index in [1.807, 2.05) is 18.2 Å². The monoisotopic (exact) mass is 476 g/mol. The maximum atomic E-state index is 12.9. The summed E-state index contributed by atoms with van der Waals surface area (Å²) in [6, 6.07) is 17.9. The van der Waals surface area contributed by atoms with Gasteiger partial charge in [0.1, 0.15) is 24.7 Å². The Morgan fingerprint density at radius 1 is 0.943 bits per heavy atom. The first-order valence-electron chi connectivity index (χ1n) is 11.9. The Morgan fingerprint density at radius 3 is 2.43 bits per heavy atom. The second-order valence-corrected chi connectivity index (χ2v) is 8.49. The second kappa shape index (κ2) is 11.7. The van der Waals surface area contributed by atoms with Crippen molar-refractivity contribution in [2.24, 2.45) is 0 Å². The number of rotatable bonds is 11. The summed E-state index contributed by atoms with van der Waals surface area (Å²) >= 11 is 0. The zero-order chi connectivity index (χ0) is 24.6. The fourth-order valence-electron chi connectivity index (χ4n) is 3.97. The number of hydrogen-bond acceptors (Lipinski definition) is 6. The van der Waals surface area contributed by atoms with Gasteiger partial charge in [0.15, 0.2) is 11.5 Å². The molecule has 1 aliphatic rings. The molecule has 1 aromatic heterocycles. The number of nitrogens with zero attached hydrogens (tertiary/aromatic N) is 2. The van der Waals surface area contributed by atoms with Crippen LogP contribution in [0.3, 0.4) is 0 Å². The summed E-state index contributed by atoms with van der Waals surface area (Å²) in [7, 11) is 3.26. The molecule has 35 heavy (non-hydrogen) atoms. The van der Waals surface area contributed by atoms with Crippen LogP contribution in [0.5, 0.6) is 17.2 Å². The molecule has 0 saturated carbocycles. The normalized spacial score (nSPS) is 13.3. The van der Waals surface area contributed by atoms with Crippen molar-refractivity contribution >= 4 is 5.91 Å². The molecule has 4 rings (SSSR count). The average Bonchev–Trinajstić information content (AvgIpc) is 2.87. The highest BCUT2D eigenvalue weighted by Crippen LogP contribution is 2.35. The molecule has 0 spiro atoms.